The van der Waals surface area contributed by atoms with Gasteiger partial charge < -0.3 is 14.2 Å². The summed E-state index contributed by atoms with van der Waals surface area (Å²) < 4.78 is 17.4. The molecular weight excluding hydrogens is 254 g/mol. The van der Waals surface area contributed by atoms with Gasteiger partial charge in [-0.2, -0.15) is 0 Å². The topological polar surface area (TPSA) is 30.9 Å². The van der Waals surface area contributed by atoms with Crippen LogP contribution < -0.4 is 9.47 Å². The van der Waals surface area contributed by atoms with Gasteiger partial charge in [0.2, 0.25) is 6.79 Å². The van der Waals surface area contributed by atoms with Gasteiger partial charge in [0.25, 0.3) is 0 Å². The molecule has 5 bridgehead atoms. The summed E-state index contributed by atoms with van der Waals surface area (Å²) in [5.74, 6) is 1.79. The molecule has 0 N–H and O–H groups in total. The molecule has 2 unspecified atom stereocenters. The summed E-state index contributed by atoms with van der Waals surface area (Å²) in [5, 5.41) is 0. The molecule has 2 fully saturated rings. The van der Waals surface area contributed by atoms with E-state index in [4.69, 9.17) is 14.2 Å². The Morgan fingerprint density at radius 2 is 2.10 bits per heavy atom. The van der Waals surface area contributed by atoms with E-state index >= 15 is 0 Å². The number of rotatable bonds is 0. The second-order valence-corrected chi connectivity index (χ2v) is 6.50. The third kappa shape index (κ3) is 0.950. The second kappa shape index (κ2) is 3.05. The maximum atomic E-state index is 6.26. The Balaban J connectivity index is 1.66. The Bertz CT molecular complexity index is 670. The molecule has 5 aliphatic heterocycles. The molecule has 1 aromatic rings. The Hall–Kier alpha value is -1.52. The van der Waals surface area contributed by atoms with Crippen LogP contribution in [0.3, 0.4) is 0 Å². The summed E-state index contributed by atoms with van der Waals surface area (Å²) in [4.78, 5) is 2.60. The average Bonchev–Trinajstić information content (AvgIpc) is 2.95. The fraction of sp³-hybridized carbons (Fsp3) is 0.500. The molecule has 1 spiro atoms. The number of fused-ring (bicyclic) bond motifs is 2. The Morgan fingerprint density at radius 3 is 3.05 bits per heavy atom. The van der Waals surface area contributed by atoms with Gasteiger partial charge >= 0.3 is 0 Å². The molecule has 20 heavy (non-hydrogen) atoms. The van der Waals surface area contributed by atoms with Gasteiger partial charge in [0, 0.05) is 19.1 Å². The molecule has 2 saturated heterocycles. The van der Waals surface area contributed by atoms with E-state index in [1.165, 1.54) is 11.1 Å². The second-order valence-electron chi connectivity index (χ2n) is 6.50. The minimum atomic E-state index is 0.0450. The largest absolute Gasteiger partial charge is 0.454 e. The third-order valence-corrected chi connectivity index (χ3v) is 5.74. The van der Waals surface area contributed by atoms with Gasteiger partial charge in [-0.25, -0.2) is 0 Å². The van der Waals surface area contributed by atoms with E-state index in [9.17, 15) is 0 Å². The summed E-state index contributed by atoms with van der Waals surface area (Å²) in [6.07, 6.45) is 6.43. The van der Waals surface area contributed by atoms with Crippen LogP contribution in [0.25, 0.3) is 0 Å². The van der Waals surface area contributed by atoms with Crippen LogP contribution in [0.4, 0.5) is 0 Å². The SMILES string of the molecule is C1=C[C@]23c4cc5c(cc4CN4CC2O[C@@H]1C[C@H]43)OCO5. The molecule has 4 nitrogen and oxygen atoms in total. The molecular formula is C16H15NO3. The van der Waals surface area contributed by atoms with Gasteiger partial charge in [-0.15, -0.1) is 0 Å². The molecule has 0 radical (unpaired) electrons. The number of benzene rings is 1. The average molecular weight is 269 g/mol. The molecule has 102 valence electrons. The van der Waals surface area contributed by atoms with Crippen LogP contribution in [0.5, 0.6) is 11.5 Å². The maximum Gasteiger partial charge on any atom is 0.231 e. The fourth-order valence-electron chi connectivity index (χ4n) is 4.96. The Labute approximate surface area is 116 Å². The molecule has 5 heterocycles. The highest BCUT2D eigenvalue weighted by Gasteiger charge is 2.63. The van der Waals surface area contributed by atoms with Gasteiger partial charge in [0.15, 0.2) is 11.5 Å². The lowest BCUT2D eigenvalue weighted by Gasteiger charge is -2.51. The quantitative estimate of drug-likeness (QED) is 0.669. The number of hydrogen-bond acceptors (Lipinski definition) is 4. The van der Waals surface area contributed by atoms with E-state index in [-0.39, 0.29) is 5.41 Å². The molecule has 7 rings (SSSR count). The van der Waals surface area contributed by atoms with Crippen LogP contribution >= 0.6 is 0 Å². The third-order valence-electron chi connectivity index (χ3n) is 5.74. The minimum absolute atomic E-state index is 0.0450. The molecule has 6 aliphatic rings. The monoisotopic (exact) mass is 269 g/mol. The highest BCUT2D eigenvalue weighted by atomic mass is 16.7. The first-order valence-electron chi connectivity index (χ1n) is 7.36. The normalized spacial score (nSPS) is 44.8. The summed E-state index contributed by atoms with van der Waals surface area (Å²) >= 11 is 0. The zero-order valence-electron chi connectivity index (χ0n) is 11.0. The first-order chi connectivity index (χ1) is 9.84. The van der Waals surface area contributed by atoms with Crippen LogP contribution in [0.2, 0.25) is 0 Å². The van der Waals surface area contributed by atoms with Gasteiger partial charge in [-0.3, -0.25) is 4.90 Å². The predicted octanol–water partition coefficient (Wildman–Crippen LogP) is 1.58. The van der Waals surface area contributed by atoms with E-state index in [0.717, 1.165) is 31.0 Å². The van der Waals surface area contributed by atoms with Gasteiger partial charge in [-0.05, 0) is 29.7 Å². The zero-order valence-corrected chi connectivity index (χ0v) is 11.0. The fourth-order valence-corrected chi connectivity index (χ4v) is 4.96. The highest BCUT2D eigenvalue weighted by Crippen LogP contribution is 2.57. The summed E-state index contributed by atoms with van der Waals surface area (Å²) in [5.41, 5.74) is 2.82. The van der Waals surface area contributed by atoms with Crippen molar-refractivity contribution in [3.05, 3.63) is 35.4 Å². The smallest absolute Gasteiger partial charge is 0.231 e. The van der Waals surface area contributed by atoms with Crippen LogP contribution in [0, 0.1) is 0 Å². The number of hydrogen-bond donors (Lipinski definition) is 0. The summed E-state index contributed by atoms with van der Waals surface area (Å²) in [6.45, 7) is 2.40. The maximum absolute atomic E-state index is 6.26. The van der Waals surface area contributed by atoms with Crippen molar-refractivity contribution >= 4 is 0 Å². The lowest BCUT2D eigenvalue weighted by Crippen LogP contribution is -2.57. The summed E-state index contributed by atoms with van der Waals surface area (Å²) in [6, 6.07) is 4.98. The molecule has 0 saturated carbocycles. The molecule has 1 aliphatic carbocycles. The van der Waals surface area contributed by atoms with Gasteiger partial charge in [0.1, 0.15) is 0 Å². The minimum Gasteiger partial charge on any atom is -0.454 e. The Kier molecular flexibility index (Phi) is 1.56. The van der Waals surface area contributed by atoms with Crippen molar-refractivity contribution in [2.75, 3.05) is 13.3 Å². The van der Waals surface area contributed by atoms with E-state index in [0.29, 0.717) is 25.0 Å². The van der Waals surface area contributed by atoms with Crippen molar-refractivity contribution in [3.63, 3.8) is 0 Å². The van der Waals surface area contributed by atoms with Crippen LogP contribution in [0.15, 0.2) is 24.3 Å². The predicted molar refractivity (Wildman–Crippen MR) is 70.9 cm³/mol. The molecule has 4 heteroatoms. The lowest BCUT2D eigenvalue weighted by molar-refractivity contribution is -0.0561. The van der Waals surface area contributed by atoms with E-state index in [1.54, 1.807) is 0 Å². The van der Waals surface area contributed by atoms with E-state index in [1.807, 2.05) is 0 Å². The van der Waals surface area contributed by atoms with Crippen LogP contribution in [0.1, 0.15) is 17.5 Å². The zero-order chi connectivity index (χ0) is 12.9. The van der Waals surface area contributed by atoms with Crippen molar-refractivity contribution in [1.82, 2.24) is 4.90 Å². The molecule has 0 aromatic heterocycles. The molecule has 1 aromatic carbocycles. The first kappa shape index (κ1) is 10.2. The Morgan fingerprint density at radius 1 is 1.20 bits per heavy atom. The van der Waals surface area contributed by atoms with Gasteiger partial charge in [-0.1, -0.05) is 12.2 Å². The van der Waals surface area contributed by atoms with Gasteiger partial charge in [0.05, 0.1) is 17.6 Å². The summed E-state index contributed by atoms with van der Waals surface area (Å²) in [7, 11) is 0. The highest BCUT2D eigenvalue weighted by molar-refractivity contribution is 5.57. The number of nitrogens with zero attached hydrogens (tertiary/aromatic N) is 1. The molecule has 0 amide bonds. The van der Waals surface area contributed by atoms with Crippen molar-refractivity contribution in [2.45, 2.75) is 36.6 Å². The standard InChI is InChI=1S/C16H15NO3/c1-2-16-11-5-13-12(18-8-19-13)3-9(11)6-17-7-15(16)20-10(1)4-14(16)17/h1-3,5,10,14-15H,4,6-8H2/t10-,14-,15?,16+/m0/s1. The van der Waals surface area contributed by atoms with Crippen molar-refractivity contribution in [1.29, 1.82) is 0 Å². The van der Waals surface area contributed by atoms with Crippen molar-refractivity contribution < 1.29 is 14.2 Å². The van der Waals surface area contributed by atoms with Crippen LogP contribution in [-0.4, -0.2) is 36.5 Å². The number of ether oxygens (including phenoxy) is 3. The lowest BCUT2D eigenvalue weighted by atomic mass is 9.63. The van der Waals surface area contributed by atoms with Crippen molar-refractivity contribution in [3.8, 4) is 11.5 Å². The van der Waals surface area contributed by atoms with Crippen LogP contribution in [-0.2, 0) is 16.7 Å². The molecule has 5 atom stereocenters. The van der Waals surface area contributed by atoms with E-state index in [2.05, 4.69) is 29.2 Å². The first-order valence-corrected chi connectivity index (χ1v) is 7.36. The van der Waals surface area contributed by atoms with E-state index < -0.39 is 0 Å². The van der Waals surface area contributed by atoms with Crippen molar-refractivity contribution in [2.24, 2.45) is 0 Å².